The monoisotopic (exact) mass is 351 g/mol. The molecule has 2 aliphatic rings. The second-order valence-electron chi connectivity index (χ2n) is 6.82. The third-order valence-corrected chi connectivity index (χ3v) is 5.37. The van der Waals surface area contributed by atoms with Gasteiger partial charge in [-0.25, -0.2) is 4.98 Å². The van der Waals surface area contributed by atoms with Crippen LogP contribution in [0.15, 0.2) is 16.7 Å². The Kier molecular flexibility index (Phi) is 4.85. The molecule has 116 valence electrons. The predicted molar refractivity (Wildman–Crippen MR) is 91.6 cm³/mol. The first-order chi connectivity index (χ1) is 10.1. The Hall–Kier alpha value is -0.610. The molecule has 0 amide bonds. The molecule has 1 aromatic rings. The first-order valence-electron chi connectivity index (χ1n) is 8.24. The van der Waals surface area contributed by atoms with E-state index >= 15 is 0 Å². The van der Waals surface area contributed by atoms with E-state index < -0.39 is 0 Å². The van der Waals surface area contributed by atoms with Crippen molar-refractivity contribution in [3.05, 3.63) is 22.3 Å². The first kappa shape index (κ1) is 15.3. The number of rotatable bonds is 5. The van der Waals surface area contributed by atoms with E-state index in [1.165, 1.54) is 44.1 Å². The van der Waals surface area contributed by atoms with Crippen LogP contribution in [0.25, 0.3) is 0 Å². The number of aromatic nitrogens is 1. The fourth-order valence-electron chi connectivity index (χ4n) is 3.27. The molecule has 3 nitrogen and oxygen atoms in total. The van der Waals surface area contributed by atoms with Gasteiger partial charge in [-0.15, -0.1) is 0 Å². The summed E-state index contributed by atoms with van der Waals surface area (Å²) in [5.41, 5.74) is 1.32. The Bertz CT molecular complexity index is 479. The van der Waals surface area contributed by atoms with Crippen LogP contribution in [0.2, 0.25) is 0 Å². The van der Waals surface area contributed by atoms with Gasteiger partial charge < -0.3 is 10.2 Å². The smallest absolute Gasteiger partial charge is 0.133 e. The van der Waals surface area contributed by atoms with E-state index in [0.717, 1.165) is 28.8 Å². The lowest BCUT2D eigenvalue weighted by Gasteiger charge is -2.35. The SMILES string of the molecule is CC1CCC(N(C)c2ncc(Br)cc2CNC2CC2)CC1. The Labute approximate surface area is 136 Å². The molecule has 0 radical (unpaired) electrons. The molecule has 0 bridgehead atoms. The van der Waals surface area contributed by atoms with Crippen molar-refractivity contribution in [2.75, 3.05) is 11.9 Å². The van der Waals surface area contributed by atoms with Crippen molar-refractivity contribution in [3.63, 3.8) is 0 Å². The lowest BCUT2D eigenvalue weighted by Crippen LogP contribution is -2.36. The lowest BCUT2D eigenvalue weighted by molar-refractivity contribution is 0.339. The van der Waals surface area contributed by atoms with Crippen LogP contribution < -0.4 is 10.2 Å². The summed E-state index contributed by atoms with van der Waals surface area (Å²) in [6.07, 6.45) is 9.87. The van der Waals surface area contributed by atoms with Crippen LogP contribution >= 0.6 is 15.9 Å². The number of anilines is 1. The summed E-state index contributed by atoms with van der Waals surface area (Å²) >= 11 is 3.56. The van der Waals surface area contributed by atoms with Crippen molar-refractivity contribution in [1.29, 1.82) is 0 Å². The third kappa shape index (κ3) is 3.98. The highest BCUT2D eigenvalue weighted by molar-refractivity contribution is 9.10. The van der Waals surface area contributed by atoms with Gasteiger partial charge >= 0.3 is 0 Å². The molecule has 3 rings (SSSR count). The number of hydrogen-bond donors (Lipinski definition) is 1. The van der Waals surface area contributed by atoms with Gasteiger partial charge in [-0.05, 0) is 66.4 Å². The van der Waals surface area contributed by atoms with E-state index in [1.54, 1.807) is 0 Å². The Morgan fingerprint density at radius 2 is 1.95 bits per heavy atom. The molecule has 0 aromatic carbocycles. The van der Waals surface area contributed by atoms with Crippen LogP contribution in [0.1, 0.15) is 51.0 Å². The summed E-state index contributed by atoms with van der Waals surface area (Å²) in [5, 5.41) is 3.62. The van der Waals surface area contributed by atoms with E-state index in [1.807, 2.05) is 6.20 Å². The van der Waals surface area contributed by atoms with Crippen LogP contribution in [0.3, 0.4) is 0 Å². The molecule has 2 aliphatic carbocycles. The molecule has 1 aromatic heterocycles. The molecule has 1 heterocycles. The number of pyridine rings is 1. The third-order valence-electron chi connectivity index (χ3n) is 4.94. The van der Waals surface area contributed by atoms with E-state index in [9.17, 15) is 0 Å². The van der Waals surface area contributed by atoms with Crippen LogP contribution in [0.5, 0.6) is 0 Å². The molecule has 0 unspecified atom stereocenters. The van der Waals surface area contributed by atoms with Gasteiger partial charge in [0.25, 0.3) is 0 Å². The van der Waals surface area contributed by atoms with E-state index in [4.69, 9.17) is 4.98 Å². The maximum atomic E-state index is 4.71. The standard InChI is InChI=1S/C17H26BrN3/c1-12-3-7-16(8-4-12)21(2)17-13(9-14(18)11-20-17)10-19-15-5-6-15/h9,11-12,15-16,19H,3-8,10H2,1-2H3. The normalized spacial score (nSPS) is 25.9. The molecule has 2 fully saturated rings. The Balaban J connectivity index is 1.72. The van der Waals surface area contributed by atoms with Crippen molar-refractivity contribution < 1.29 is 0 Å². The van der Waals surface area contributed by atoms with Crippen molar-refractivity contribution in [2.24, 2.45) is 5.92 Å². The second kappa shape index (κ2) is 6.66. The summed E-state index contributed by atoms with van der Waals surface area (Å²) in [4.78, 5) is 7.13. The van der Waals surface area contributed by atoms with E-state index in [-0.39, 0.29) is 0 Å². The molecule has 4 heteroatoms. The molecule has 0 saturated heterocycles. The summed E-state index contributed by atoms with van der Waals surface area (Å²) < 4.78 is 1.07. The number of nitrogens with zero attached hydrogens (tertiary/aromatic N) is 2. The predicted octanol–water partition coefficient (Wildman–Crippen LogP) is 4.11. The highest BCUT2D eigenvalue weighted by atomic mass is 79.9. The van der Waals surface area contributed by atoms with Gasteiger partial charge in [-0.2, -0.15) is 0 Å². The zero-order valence-corrected chi connectivity index (χ0v) is 14.7. The van der Waals surface area contributed by atoms with Gasteiger partial charge in [0.05, 0.1) is 0 Å². The Morgan fingerprint density at radius 1 is 1.24 bits per heavy atom. The van der Waals surface area contributed by atoms with Crippen molar-refractivity contribution in [2.45, 2.75) is 64.1 Å². The van der Waals surface area contributed by atoms with Gasteiger partial charge in [0.2, 0.25) is 0 Å². The van der Waals surface area contributed by atoms with Crippen molar-refractivity contribution in [1.82, 2.24) is 10.3 Å². The highest BCUT2D eigenvalue weighted by Gasteiger charge is 2.25. The molecule has 2 saturated carbocycles. The highest BCUT2D eigenvalue weighted by Crippen LogP contribution is 2.31. The van der Waals surface area contributed by atoms with Gasteiger partial charge in [0.15, 0.2) is 0 Å². The van der Waals surface area contributed by atoms with Crippen LogP contribution in [0.4, 0.5) is 5.82 Å². The zero-order chi connectivity index (χ0) is 14.8. The number of hydrogen-bond acceptors (Lipinski definition) is 3. The summed E-state index contributed by atoms with van der Waals surface area (Å²) in [7, 11) is 2.22. The zero-order valence-electron chi connectivity index (χ0n) is 13.1. The summed E-state index contributed by atoms with van der Waals surface area (Å²) in [6.45, 7) is 3.30. The first-order valence-corrected chi connectivity index (χ1v) is 9.03. The van der Waals surface area contributed by atoms with Crippen molar-refractivity contribution in [3.8, 4) is 0 Å². The largest absolute Gasteiger partial charge is 0.356 e. The average molecular weight is 352 g/mol. The number of halogens is 1. The van der Waals surface area contributed by atoms with Gasteiger partial charge in [0.1, 0.15) is 5.82 Å². The van der Waals surface area contributed by atoms with Crippen molar-refractivity contribution >= 4 is 21.7 Å². The maximum absolute atomic E-state index is 4.71. The fraction of sp³-hybridized carbons (Fsp3) is 0.706. The minimum Gasteiger partial charge on any atom is -0.356 e. The second-order valence-corrected chi connectivity index (χ2v) is 7.73. The molecule has 0 atom stereocenters. The van der Waals surface area contributed by atoms with Crippen LogP contribution in [-0.4, -0.2) is 24.1 Å². The number of nitrogens with one attached hydrogen (secondary N) is 1. The van der Waals surface area contributed by atoms with Gasteiger partial charge in [-0.3, -0.25) is 0 Å². The van der Waals surface area contributed by atoms with Crippen LogP contribution in [-0.2, 0) is 6.54 Å². The molecule has 21 heavy (non-hydrogen) atoms. The summed E-state index contributed by atoms with van der Waals surface area (Å²) in [5.74, 6) is 2.05. The van der Waals surface area contributed by atoms with Gasteiger partial charge in [-0.1, -0.05) is 6.92 Å². The summed E-state index contributed by atoms with van der Waals surface area (Å²) in [6, 6.07) is 3.60. The average Bonchev–Trinajstić information content (AvgIpc) is 3.29. The van der Waals surface area contributed by atoms with E-state index in [0.29, 0.717) is 6.04 Å². The quantitative estimate of drug-likeness (QED) is 0.864. The molecular formula is C17H26BrN3. The molecule has 0 spiro atoms. The maximum Gasteiger partial charge on any atom is 0.133 e. The minimum absolute atomic E-state index is 0.648. The lowest BCUT2D eigenvalue weighted by atomic mass is 9.86. The topological polar surface area (TPSA) is 28.2 Å². The molecule has 1 N–H and O–H groups in total. The van der Waals surface area contributed by atoms with Crippen LogP contribution in [0, 0.1) is 5.92 Å². The van der Waals surface area contributed by atoms with Gasteiger partial charge in [0, 0.05) is 41.9 Å². The van der Waals surface area contributed by atoms with E-state index in [2.05, 4.69) is 46.2 Å². The minimum atomic E-state index is 0.648. The Morgan fingerprint density at radius 3 is 2.62 bits per heavy atom. The molecule has 0 aliphatic heterocycles. The molecular weight excluding hydrogens is 326 g/mol. The fourth-order valence-corrected chi connectivity index (χ4v) is 3.64.